The summed E-state index contributed by atoms with van der Waals surface area (Å²) < 4.78 is 0. The third kappa shape index (κ3) is 4.40. The summed E-state index contributed by atoms with van der Waals surface area (Å²) >= 11 is 6.50. The summed E-state index contributed by atoms with van der Waals surface area (Å²) in [5, 5.41) is 0.0580. The Balaban J connectivity index is 1.97. The summed E-state index contributed by atoms with van der Waals surface area (Å²) in [6, 6.07) is 19.2. The fourth-order valence-electron chi connectivity index (χ4n) is 2.21. The lowest BCUT2D eigenvalue weighted by atomic mass is 10.0. The van der Waals surface area contributed by atoms with E-state index in [1.54, 1.807) is 0 Å². The van der Waals surface area contributed by atoms with Gasteiger partial charge in [0.15, 0.2) is 0 Å². The molecule has 0 saturated heterocycles. The number of hydrogen-bond donors (Lipinski definition) is 0. The maximum Gasteiger partial charge on any atom is 0.0625 e. The molecule has 0 bridgehead atoms. The molecule has 0 heterocycles. The Hall–Kier alpha value is -1.27. The van der Waals surface area contributed by atoms with E-state index in [1.165, 1.54) is 36.0 Å². The second-order valence-electron chi connectivity index (χ2n) is 5.00. The van der Waals surface area contributed by atoms with Crippen LogP contribution in [0.5, 0.6) is 0 Å². The van der Waals surface area contributed by atoms with Crippen LogP contribution in [0.15, 0.2) is 54.6 Å². The number of aryl methyl sites for hydroxylation is 1. The van der Waals surface area contributed by atoms with Crippen molar-refractivity contribution in [2.24, 2.45) is 0 Å². The van der Waals surface area contributed by atoms with E-state index in [-0.39, 0.29) is 5.38 Å². The third-order valence-electron chi connectivity index (χ3n) is 3.42. The summed E-state index contributed by atoms with van der Waals surface area (Å²) in [7, 11) is 0. The van der Waals surface area contributed by atoms with Crippen LogP contribution in [0.25, 0.3) is 0 Å². The Labute approximate surface area is 121 Å². The van der Waals surface area contributed by atoms with Gasteiger partial charge in [-0.1, -0.05) is 67.9 Å². The second-order valence-corrected chi connectivity index (χ2v) is 5.53. The Kier molecular flexibility index (Phi) is 5.47. The van der Waals surface area contributed by atoms with E-state index in [1.807, 2.05) is 6.07 Å². The molecule has 2 aromatic rings. The minimum absolute atomic E-state index is 0.0580. The van der Waals surface area contributed by atoms with Gasteiger partial charge in [-0.25, -0.2) is 0 Å². The van der Waals surface area contributed by atoms with E-state index in [4.69, 9.17) is 11.6 Å². The predicted molar refractivity (Wildman–Crippen MR) is 83.8 cm³/mol. The van der Waals surface area contributed by atoms with Crippen molar-refractivity contribution >= 4 is 11.6 Å². The van der Waals surface area contributed by atoms with Gasteiger partial charge in [0.1, 0.15) is 0 Å². The van der Waals surface area contributed by atoms with E-state index in [0.717, 1.165) is 6.42 Å². The lowest BCUT2D eigenvalue weighted by Crippen LogP contribution is -1.96. The molecular weight excluding hydrogens is 252 g/mol. The SMILES string of the molecule is CCCCc1ccc(C(Cl)Cc2ccccc2)cc1. The molecule has 2 rings (SSSR count). The van der Waals surface area contributed by atoms with Crippen molar-refractivity contribution in [2.75, 3.05) is 0 Å². The van der Waals surface area contributed by atoms with Crippen molar-refractivity contribution in [3.05, 3.63) is 71.3 Å². The average Bonchev–Trinajstić information content (AvgIpc) is 2.46. The summed E-state index contributed by atoms with van der Waals surface area (Å²) in [4.78, 5) is 0. The van der Waals surface area contributed by atoms with Crippen LogP contribution in [-0.2, 0) is 12.8 Å². The van der Waals surface area contributed by atoms with Crippen LogP contribution < -0.4 is 0 Å². The molecule has 0 fully saturated rings. The zero-order valence-electron chi connectivity index (χ0n) is 11.5. The normalized spacial score (nSPS) is 12.3. The van der Waals surface area contributed by atoms with Gasteiger partial charge in [-0.15, -0.1) is 11.6 Å². The van der Waals surface area contributed by atoms with Gasteiger partial charge in [0.05, 0.1) is 5.38 Å². The predicted octanol–water partition coefficient (Wildman–Crippen LogP) is 5.55. The quantitative estimate of drug-likeness (QED) is 0.605. The Bertz CT molecular complexity index is 473. The molecule has 0 aromatic heterocycles. The van der Waals surface area contributed by atoms with E-state index in [0.29, 0.717) is 0 Å². The smallest absolute Gasteiger partial charge is 0.0625 e. The summed E-state index contributed by atoms with van der Waals surface area (Å²) in [5.74, 6) is 0. The molecule has 0 aliphatic heterocycles. The molecule has 0 amide bonds. The van der Waals surface area contributed by atoms with Gasteiger partial charge in [-0.05, 0) is 36.0 Å². The first-order chi connectivity index (χ1) is 9.29. The number of hydrogen-bond acceptors (Lipinski definition) is 0. The molecule has 0 radical (unpaired) electrons. The molecule has 2 aromatic carbocycles. The first kappa shape index (κ1) is 14.1. The van der Waals surface area contributed by atoms with Crippen LogP contribution >= 0.6 is 11.6 Å². The highest BCUT2D eigenvalue weighted by Gasteiger charge is 2.08. The molecule has 1 heteroatoms. The fourth-order valence-corrected chi connectivity index (χ4v) is 2.54. The van der Waals surface area contributed by atoms with Gasteiger partial charge in [-0.2, -0.15) is 0 Å². The Morgan fingerprint density at radius 3 is 2.21 bits per heavy atom. The van der Waals surface area contributed by atoms with Gasteiger partial charge >= 0.3 is 0 Å². The summed E-state index contributed by atoms with van der Waals surface area (Å²) in [6.45, 7) is 2.23. The molecule has 0 nitrogen and oxygen atoms in total. The molecule has 0 aliphatic rings. The van der Waals surface area contributed by atoms with E-state index < -0.39 is 0 Å². The number of halogens is 1. The maximum absolute atomic E-state index is 6.50. The van der Waals surface area contributed by atoms with Crippen LogP contribution in [0.4, 0.5) is 0 Å². The molecule has 0 N–H and O–H groups in total. The van der Waals surface area contributed by atoms with E-state index in [9.17, 15) is 0 Å². The van der Waals surface area contributed by atoms with Crippen LogP contribution in [0, 0.1) is 0 Å². The third-order valence-corrected chi connectivity index (χ3v) is 3.82. The molecule has 1 unspecified atom stereocenters. The van der Waals surface area contributed by atoms with E-state index in [2.05, 4.69) is 55.5 Å². The second kappa shape index (κ2) is 7.35. The van der Waals surface area contributed by atoms with Crippen molar-refractivity contribution in [3.8, 4) is 0 Å². The number of alkyl halides is 1. The Morgan fingerprint density at radius 2 is 1.58 bits per heavy atom. The first-order valence-electron chi connectivity index (χ1n) is 7.06. The number of benzene rings is 2. The number of unbranched alkanes of at least 4 members (excludes halogenated alkanes) is 1. The lowest BCUT2D eigenvalue weighted by Gasteiger charge is -2.11. The highest BCUT2D eigenvalue weighted by atomic mass is 35.5. The molecule has 0 saturated carbocycles. The molecule has 1 atom stereocenters. The largest absolute Gasteiger partial charge is 0.117 e. The molecule has 0 aliphatic carbocycles. The van der Waals surface area contributed by atoms with Gasteiger partial charge in [-0.3, -0.25) is 0 Å². The average molecular weight is 273 g/mol. The van der Waals surface area contributed by atoms with Crippen molar-refractivity contribution in [1.82, 2.24) is 0 Å². The van der Waals surface area contributed by atoms with Gasteiger partial charge < -0.3 is 0 Å². The van der Waals surface area contributed by atoms with E-state index >= 15 is 0 Å². The van der Waals surface area contributed by atoms with Crippen molar-refractivity contribution in [1.29, 1.82) is 0 Å². The summed E-state index contributed by atoms with van der Waals surface area (Å²) in [5.41, 5.74) is 3.91. The minimum atomic E-state index is 0.0580. The lowest BCUT2D eigenvalue weighted by molar-refractivity contribution is 0.794. The van der Waals surface area contributed by atoms with Crippen molar-refractivity contribution in [3.63, 3.8) is 0 Å². The topological polar surface area (TPSA) is 0 Å². The first-order valence-corrected chi connectivity index (χ1v) is 7.50. The van der Waals surface area contributed by atoms with Crippen LogP contribution in [0.2, 0.25) is 0 Å². The molecule has 100 valence electrons. The summed E-state index contributed by atoms with van der Waals surface area (Å²) in [6.07, 6.45) is 4.56. The molecular formula is C18H21Cl. The van der Waals surface area contributed by atoms with Crippen LogP contribution in [-0.4, -0.2) is 0 Å². The highest BCUT2D eigenvalue weighted by Crippen LogP contribution is 2.25. The van der Waals surface area contributed by atoms with Crippen LogP contribution in [0.3, 0.4) is 0 Å². The van der Waals surface area contributed by atoms with Gasteiger partial charge in [0, 0.05) is 0 Å². The van der Waals surface area contributed by atoms with Gasteiger partial charge in [0.2, 0.25) is 0 Å². The minimum Gasteiger partial charge on any atom is -0.117 e. The standard InChI is InChI=1S/C18H21Cl/c1-2-3-7-15-10-12-17(13-11-15)18(19)14-16-8-5-4-6-9-16/h4-6,8-13,18H,2-3,7,14H2,1H3. The maximum atomic E-state index is 6.50. The number of rotatable bonds is 6. The highest BCUT2D eigenvalue weighted by molar-refractivity contribution is 6.20. The fraction of sp³-hybridized carbons (Fsp3) is 0.333. The zero-order valence-corrected chi connectivity index (χ0v) is 12.2. The Morgan fingerprint density at radius 1 is 0.895 bits per heavy atom. The monoisotopic (exact) mass is 272 g/mol. The molecule has 19 heavy (non-hydrogen) atoms. The zero-order chi connectivity index (χ0) is 13.5. The van der Waals surface area contributed by atoms with Crippen LogP contribution in [0.1, 0.15) is 41.8 Å². The van der Waals surface area contributed by atoms with Crippen molar-refractivity contribution in [2.45, 2.75) is 38.0 Å². The van der Waals surface area contributed by atoms with Gasteiger partial charge in [0.25, 0.3) is 0 Å². The molecule has 0 spiro atoms. The van der Waals surface area contributed by atoms with Crippen molar-refractivity contribution < 1.29 is 0 Å².